The molecule has 5 nitrogen and oxygen atoms in total. The van der Waals surface area contributed by atoms with E-state index in [2.05, 4.69) is 29.1 Å². The SMILES string of the molecule is Cc1ncc2c(n1)CC1CCC2N1C(=O)Nc1ccc(C)c(C)c1. The van der Waals surface area contributed by atoms with E-state index in [-0.39, 0.29) is 18.1 Å². The molecule has 0 aliphatic carbocycles. The highest BCUT2D eigenvalue weighted by molar-refractivity contribution is 5.90. The van der Waals surface area contributed by atoms with Crippen LogP contribution in [0.5, 0.6) is 0 Å². The number of benzene rings is 1. The third kappa shape index (κ3) is 2.44. The molecule has 1 fully saturated rings. The Morgan fingerprint density at radius 3 is 2.83 bits per heavy atom. The van der Waals surface area contributed by atoms with Crippen molar-refractivity contribution in [2.75, 3.05) is 5.32 Å². The van der Waals surface area contributed by atoms with Gasteiger partial charge in [-0.15, -0.1) is 0 Å². The highest BCUT2D eigenvalue weighted by Crippen LogP contribution is 2.43. The first-order valence-electron chi connectivity index (χ1n) is 8.52. The highest BCUT2D eigenvalue weighted by atomic mass is 16.2. The van der Waals surface area contributed by atoms with E-state index >= 15 is 0 Å². The number of anilines is 1. The van der Waals surface area contributed by atoms with Crippen LogP contribution in [0.25, 0.3) is 0 Å². The molecule has 0 saturated carbocycles. The van der Waals surface area contributed by atoms with E-state index in [0.717, 1.165) is 42.0 Å². The number of hydrogen-bond acceptors (Lipinski definition) is 3. The summed E-state index contributed by atoms with van der Waals surface area (Å²) in [6, 6.07) is 6.36. The minimum Gasteiger partial charge on any atom is -0.314 e. The molecule has 0 spiro atoms. The van der Waals surface area contributed by atoms with Gasteiger partial charge in [-0.2, -0.15) is 0 Å². The van der Waals surface area contributed by atoms with Gasteiger partial charge in [0.2, 0.25) is 0 Å². The van der Waals surface area contributed by atoms with Crippen LogP contribution in [-0.4, -0.2) is 26.9 Å². The van der Waals surface area contributed by atoms with Crippen molar-refractivity contribution in [3.05, 3.63) is 52.6 Å². The van der Waals surface area contributed by atoms with E-state index in [1.165, 1.54) is 11.1 Å². The number of urea groups is 1. The highest BCUT2D eigenvalue weighted by Gasteiger charge is 2.43. The lowest BCUT2D eigenvalue weighted by molar-refractivity contribution is 0.178. The van der Waals surface area contributed by atoms with Crippen molar-refractivity contribution in [1.82, 2.24) is 14.9 Å². The molecule has 2 bridgehead atoms. The van der Waals surface area contributed by atoms with E-state index in [4.69, 9.17) is 0 Å². The Labute approximate surface area is 142 Å². The second kappa shape index (κ2) is 5.58. The lowest BCUT2D eigenvalue weighted by atomic mass is 9.99. The third-order valence-electron chi connectivity index (χ3n) is 5.30. The fourth-order valence-electron chi connectivity index (χ4n) is 3.89. The Hall–Kier alpha value is -2.43. The van der Waals surface area contributed by atoms with Gasteiger partial charge < -0.3 is 10.2 Å². The summed E-state index contributed by atoms with van der Waals surface area (Å²) >= 11 is 0. The summed E-state index contributed by atoms with van der Waals surface area (Å²) in [7, 11) is 0. The van der Waals surface area contributed by atoms with Crippen LogP contribution in [0.15, 0.2) is 24.4 Å². The molecule has 2 aromatic rings. The number of nitrogens with zero attached hydrogens (tertiary/aromatic N) is 3. The molecule has 0 radical (unpaired) electrons. The van der Waals surface area contributed by atoms with Gasteiger partial charge in [0.05, 0.1) is 11.7 Å². The molecule has 2 atom stereocenters. The van der Waals surface area contributed by atoms with E-state index in [0.29, 0.717) is 0 Å². The number of aryl methyl sites for hydroxylation is 3. The number of carbonyl (C=O) groups excluding carboxylic acids is 1. The number of carbonyl (C=O) groups is 1. The number of aromatic nitrogens is 2. The van der Waals surface area contributed by atoms with Crippen molar-refractivity contribution >= 4 is 11.7 Å². The maximum absolute atomic E-state index is 12.9. The van der Waals surface area contributed by atoms with E-state index in [1.807, 2.05) is 36.2 Å². The Balaban J connectivity index is 1.59. The molecule has 4 rings (SSSR count). The average molecular weight is 322 g/mol. The smallest absolute Gasteiger partial charge is 0.314 e. The van der Waals surface area contributed by atoms with Gasteiger partial charge in [-0.3, -0.25) is 0 Å². The number of hydrogen-bond donors (Lipinski definition) is 1. The first kappa shape index (κ1) is 15.1. The molecule has 2 aliphatic heterocycles. The second-order valence-corrected chi connectivity index (χ2v) is 6.91. The van der Waals surface area contributed by atoms with Gasteiger partial charge in [-0.05, 0) is 56.9 Å². The molecule has 2 amide bonds. The summed E-state index contributed by atoms with van der Waals surface area (Å²) < 4.78 is 0. The van der Waals surface area contributed by atoms with E-state index in [9.17, 15) is 4.79 Å². The van der Waals surface area contributed by atoms with Crippen molar-refractivity contribution < 1.29 is 4.79 Å². The molecular formula is C19H22N4O. The Morgan fingerprint density at radius 2 is 2.04 bits per heavy atom. The summed E-state index contributed by atoms with van der Waals surface area (Å²) in [5.74, 6) is 0.807. The van der Waals surface area contributed by atoms with Gasteiger partial charge >= 0.3 is 6.03 Å². The standard InChI is InChI=1S/C19H22N4O/c1-11-4-5-14(8-12(11)2)22-19(24)23-15-6-7-18(23)16-10-20-13(3)21-17(16)9-15/h4-5,8,10,15,18H,6-7,9H2,1-3H3,(H,22,24). The van der Waals surface area contributed by atoms with Crippen LogP contribution in [-0.2, 0) is 6.42 Å². The third-order valence-corrected chi connectivity index (χ3v) is 5.30. The van der Waals surface area contributed by atoms with Crippen LogP contribution in [0.4, 0.5) is 10.5 Å². The second-order valence-electron chi connectivity index (χ2n) is 6.91. The maximum atomic E-state index is 12.9. The predicted octanol–water partition coefficient (Wildman–Crippen LogP) is 3.70. The quantitative estimate of drug-likeness (QED) is 0.871. The molecule has 2 unspecified atom stereocenters. The van der Waals surface area contributed by atoms with Crippen LogP contribution in [0, 0.1) is 20.8 Å². The van der Waals surface area contributed by atoms with Crippen molar-refractivity contribution in [1.29, 1.82) is 0 Å². The lowest BCUT2D eigenvalue weighted by Crippen LogP contribution is -2.44. The van der Waals surface area contributed by atoms with Gasteiger partial charge in [-0.1, -0.05) is 6.07 Å². The molecule has 24 heavy (non-hydrogen) atoms. The number of amides is 2. The van der Waals surface area contributed by atoms with Crippen LogP contribution < -0.4 is 5.32 Å². The molecule has 1 aromatic carbocycles. The minimum absolute atomic E-state index is 0.0167. The summed E-state index contributed by atoms with van der Waals surface area (Å²) in [6.45, 7) is 6.05. The molecule has 3 heterocycles. The fraction of sp³-hybridized carbons (Fsp3) is 0.421. The monoisotopic (exact) mass is 322 g/mol. The summed E-state index contributed by atoms with van der Waals surface area (Å²) in [5.41, 5.74) is 5.50. The lowest BCUT2D eigenvalue weighted by Gasteiger charge is -2.35. The van der Waals surface area contributed by atoms with Gasteiger partial charge in [-0.25, -0.2) is 14.8 Å². The predicted molar refractivity (Wildman–Crippen MR) is 93.0 cm³/mol. The summed E-state index contributed by atoms with van der Waals surface area (Å²) in [6.07, 6.45) is 4.75. The van der Waals surface area contributed by atoms with E-state index < -0.39 is 0 Å². The molecule has 2 aliphatic rings. The number of nitrogens with one attached hydrogen (secondary N) is 1. The van der Waals surface area contributed by atoms with Crippen molar-refractivity contribution in [2.45, 2.75) is 52.1 Å². The van der Waals surface area contributed by atoms with Gasteiger partial charge in [0.25, 0.3) is 0 Å². The zero-order valence-electron chi connectivity index (χ0n) is 14.3. The van der Waals surface area contributed by atoms with Crippen LogP contribution in [0.3, 0.4) is 0 Å². The minimum atomic E-state index is -0.0167. The van der Waals surface area contributed by atoms with Crippen LogP contribution >= 0.6 is 0 Å². The summed E-state index contributed by atoms with van der Waals surface area (Å²) in [4.78, 5) is 23.8. The Bertz CT molecular complexity index is 817. The van der Waals surface area contributed by atoms with Gasteiger partial charge in [0.1, 0.15) is 5.82 Å². The molecular weight excluding hydrogens is 300 g/mol. The molecule has 5 heteroatoms. The Kier molecular flexibility index (Phi) is 3.52. The largest absolute Gasteiger partial charge is 0.322 e. The molecule has 124 valence electrons. The van der Waals surface area contributed by atoms with Crippen molar-refractivity contribution in [3.63, 3.8) is 0 Å². The number of rotatable bonds is 1. The summed E-state index contributed by atoms with van der Waals surface area (Å²) in [5, 5.41) is 3.07. The fourth-order valence-corrected chi connectivity index (χ4v) is 3.89. The normalized spacial score (nSPS) is 21.5. The Morgan fingerprint density at radius 1 is 1.21 bits per heavy atom. The van der Waals surface area contributed by atoms with Crippen molar-refractivity contribution in [3.8, 4) is 0 Å². The zero-order chi connectivity index (χ0) is 16.8. The van der Waals surface area contributed by atoms with Gasteiger partial charge in [0, 0.05) is 29.9 Å². The van der Waals surface area contributed by atoms with Crippen molar-refractivity contribution in [2.24, 2.45) is 0 Å². The molecule has 1 aromatic heterocycles. The molecule has 1 N–H and O–H groups in total. The first-order chi connectivity index (χ1) is 11.5. The number of fused-ring (bicyclic) bond motifs is 4. The first-order valence-corrected chi connectivity index (χ1v) is 8.52. The van der Waals surface area contributed by atoms with Crippen LogP contribution in [0.1, 0.15) is 47.1 Å². The van der Waals surface area contributed by atoms with Gasteiger partial charge in [0.15, 0.2) is 0 Å². The van der Waals surface area contributed by atoms with Crippen LogP contribution in [0.2, 0.25) is 0 Å². The zero-order valence-corrected chi connectivity index (χ0v) is 14.3. The average Bonchev–Trinajstić information content (AvgIpc) is 2.86. The topological polar surface area (TPSA) is 58.1 Å². The maximum Gasteiger partial charge on any atom is 0.322 e. The molecule has 1 saturated heterocycles. The van der Waals surface area contributed by atoms with E-state index in [1.54, 1.807) is 0 Å².